The minimum Gasteiger partial charge on any atom is -0.456 e. The van der Waals surface area contributed by atoms with Crippen molar-refractivity contribution in [3.05, 3.63) is 243 Å². The summed E-state index contributed by atoms with van der Waals surface area (Å²) in [7, 11) is 0. The van der Waals surface area contributed by atoms with Crippen molar-refractivity contribution in [3.8, 4) is 39.1 Å². The molecule has 4 heteroatoms. The molecule has 3 heterocycles. The quantitative estimate of drug-likeness (QED) is 0.160. The summed E-state index contributed by atoms with van der Waals surface area (Å²) < 4.78 is 15.4. The fourth-order valence-corrected chi connectivity index (χ4v) is 10.6. The van der Waals surface area contributed by atoms with Gasteiger partial charge in [0.15, 0.2) is 0 Å². The molecule has 11 aromatic carbocycles. The molecule has 318 valence electrons. The largest absolute Gasteiger partial charge is 0.456 e. The minimum atomic E-state index is 0.876. The summed E-state index contributed by atoms with van der Waals surface area (Å²) in [6.45, 7) is 0. The maximum atomic E-state index is 6.83. The molecule has 0 saturated heterocycles. The van der Waals surface area contributed by atoms with Crippen LogP contribution < -0.4 is 4.90 Å². The lowest BCUT2D eigenvalue weighted by atomic mass is 9.98. The third-order valence-corrected chi connectivity index (χ3v) is 13.8. The average Bonchev–Trinajstić information content (AvgIpc) is 4.08. The molecule has 0 unspecified atom stereocenters. The summed E-state index contributed by atoms with van der Waals surface area (Å²) in [6.07, 6.45) is 0. The molecular formula is C64H40N2O2. The van der Waals surface area contributed by atoms with E-state index in [-0.39, 0.29) is 0 Å². The number of furan rings is 2. The Labute approximate surface area is 391 Å². The third-order valence-electron chi connectivity index (χ3n) is 13.8. The lowest BCUT2D eigenvalue weighted by Crippen LogP contribution is -2.11. The van der Waals surface area contributed by atoms with Gasteiger partial charge in [-0.25, -0.2) is 0 Å². The number of fused-ring (bicyclic) bond motifs is 10. The van der Waals surface area contributed by atoms with E-state index in [1.54, 1.807) is 0 Å². The van der Waals surface area contributed by atoms with Gasteiger partial charge in [-0.3, -0.25) is 0 Å². The predicted octanol–water partition coefficient (Wildman–Crippen LogP) is 18.2. The van der Waals surface area contributed by atoms with E-state index in [1.807, 2.05) is 12.1 Å². The SMILES string of the molecule is c1cc(-c2ccc(N(c3ccc(-c4ccc5oc6ccccc6c5c4)cc3)c3ccccc3-c3cccc4c3oc3cc5ccccc5cc34)cc2)cc(-n2c3ccccc3c3ccccc32)c1. The molecule has 14 rings (SSSR count). The van der Waals surface area contributed by atoms with Gasteiger partial charge in [-0.2, -0.15) is 0 Å². The molecule has 0 aliphatic carbocycles. The molecule has 0 N–H and O–H groups in total. The molecule has 0 saturated carbocycles. The van der Waals surface area contributed by atoms with Crippen molar-refractivity contribution in [2.24, 2.45) is 0 Å². The van der Waals surface area contributed by atoms with Crippen LogP contribution in [0.2, 0.25) is 0 Å². The third kappa shape index (κ3) is 6.08. The number of aromatic nitrogens is 1. The van der Waals surface area contributed by atoms with E-state index in [0.717, 1.165) is 105 Å². The molecule has 3 aromatic heterocycles. The van der Waals surface area contributed by atoms with E-state index in [0.29, 0.717) is 0 Å². The molecule has 0 atom stereocenters. The Bertz CT molecular complexity index is 4210. The average molecular weight is 869 g/mol. The monoisotopic (exact) mass is 868 g/mol. The smallest absolute Gasteiger partial charge is 0.143 e. The summed E-state index contributed by atoms with van der Waals surface area (Å²) in [5, 5.41) is 9.32. The molecule has 0 bridgehead atoms. The summed E-state index contributed by atoms with van der Waals surface area (Å²) in [4.78, 5) is 2.37. The van der Waals surface area contributed by atoms with Crippen molar-refractivity contribution in [3.63, 3.8) is 0 Å². The van der Waals surface area contributed by atoms with Gasteiger partial charge in [0.05, 0.1) is 16.7 Å². The van der Waals surface area contributed by atoms with E-state index in [2.05, 4.69) is 240 Å². The highest BCUT2D eigenvalue weighted by molar-refractivity contribution is 6.14. The van der Waals surface area contributed by atoms with Gasteiger partial charge in [0.2, 0.25) is 0 Å². The second-order valence-electron chi connectivity index (χ2n) is 17.7. The fourth-order valence-electron chi connectivity index (χ4n) is 10.6. The summed E-state index contributed by atoms with van der Waals surface area (Å²) in [6, 6.07) is 87.0. The molecule has 0 fully saturated rings. The van der Waals surface area contributed by atoms with Gasteiger partial charge >= 0.3 is 0 Å². The first kappa shape index (κ1) is 38.2. The van der Waals surface area contributed by atoms with Gasteiger partial charge in [-0.05, 0) is 118 Å². The van der Waals surface area contributed by atoms with Gasteiger partial charge in [0.25, 0.3) is 0 Å². The van der Waals surface area contributed by atoms with Crippen LogP contribution in [0.15, 0.2) is 251 Å². The topological polar surface area (TPSA) is 34.5 Å². The van der Waals surface area contributed by atoms with E-state index in [9.17, 15) is 0 Å². The number of hydrogen-bond acceptors (Lipinski definition) is 3. The summed E-state index contributed by atoms with van der Waals surface area (Å²) in [5.74, 6) is 0. The highest BCUT2D eigenvalue weighted by Gasteiger charge is 2.21. The molecule has 4 nitrogen and oxygen atoms in total. The van der Waals surface area contributed by atoms with Crippen LogP contribution in [0.1, 0.15) is 0 Å². The Hall–Kier alpha value is -9.12. The van der Waals surface area contributed by atoms with Crippen molar-refractivity contribution >= 4 is 93.5 Å². The van der Waals surface area contributed by atoms with Gasteiger partial charge in [0, 0.05) is 60.5 Å². The zero-order chi connectivity index (χ0) is 44.7. The first-order valence-electron chi connectivity index (χ1n) is 23.1. The van der Waals surface area contributed by atoms with Crippen LogP contribution in [0.25, 0.3) is 116 Å². The van der Waals surface area contributed by atoms with E-state index >= 15 is 0 Å². The normalized spacial score (nSPS) is 11.8. The summed E-state index contributed by atoms with van der Waals surface area (Å²) >= 11 is 0. The number of benzene rings is 11. The number of nitrogens with zero attached hydrogens (tertiary/aromatic N) is 2. The maximum Gasteiger partial charge on any atom is 0.143 e. The Kier molecular flexibility index (Phi) is 8.55. The molecule has 0 amide bonds. The van der Waals surface area contributed by atoms with Crippen molar-refractivity contribution in [2.45, 2.75) is 0 Å². The molecule has 0 spiro atoms. The van der Waals surface area contributed by atoms with Gasteiger partial charge < -0.3 is 18.3 Å². The van der Waals surface area contributed by atoms with E-state index < -0.39 is 0 Å². The standard InChI is InChI=1S/C64H40N2O2/c1-2-14-45-40-63-57(38-44(45)13-1)55-22-12-21-54(64(55)68-63)52-19-5-7-23-58(52)65(48-34-29-42(30-35-48)46-31-36-62-56(39-46)53-20-6-10-26-61(53)67-62)47-32-27-41(28-33-47)43-15-11-16-49(37-43)66-59-24-8-3-17-50(59)51-18-4-9-25-60(51)66/h1-40H. The number of hydrogen-bond donors (Lipinski definition) is 0. The second kappa shape index (κ2) is 15.2. The van der Waals surface area contributed by atoms with Crippen molar-refractivity contribution < 1.29 is 8.83 Å². The van der Waals surface area contributed by atoms with Crippen LogP contribution >= 0.6 is 0 Å². The van der Waals surface area contributed by atoms with Crippen molar-refractivity contribution in [1.29, 1.82) is 0 Å². The highest BCUT2D eigenvalue weighted by Crippen LogP contribution is 2.46. The number of rotatable bonds is 7. The highest BCUT2D eigenvalue weighted by atomic mass is 16.3. The molecule has 68 heavy (non-hydrogen) atoms. The number of para-hydroxylation sites is 5. The van der Waals surface area contributed by atoms with Gasteiger partial charge in [0.1, 0.15) is 22.3 Å². The molecule has 0 aliphatic heterocycles. The van der Waals surface area contributed by atoms with E-state index in [4.69, 9.17) is 8.83 Å². The number of anilines is 3. The molecular weight excluding hydrogens is 829 g/mol. The van der Waals surface area contributed by atoms with Crippen LogP contribution in [0.5, 0.6) is 0 Å². The Morgan fingerprint density at radius 1 is 0.309 bits per heavy atom. The molecule has 14 aromatic rings. The van der Waals surface area contributed by atoms with Gasteiger partial charge in [-0.1, -0.05) is 158 Å². The Morgan fingerprint density at radius 2 is 0.853 bits per heavy atom. The van der Waals surface area contributed by atoms with Crippen molar-refractivity contribution in [1.82, 2.24) is 4.57 Å². The van der Waals surface area contributed by atoms with Crippen LogP contribution in [0.3, 0.4) is 0 Å². The zero-order valence-corrected chi connectivity index (χ0v) is 36.8. The minimum absolute atomic E-state index is 0.876. The fraction of sp³-hybridized carbons (Fsp3) is 0. The van der Waals surface area contributed by atoms with Crippen LogP contribution in [-0.4, -0.2) is 4.57 Å². The second-order valence-corrected chi connectivity index (χ2v) is 17.7. The van der Waals surface area contributed by atoms with Crippen LogP contribution in [-0.2, 0) is 0 Å². The predicted molar refractivity (Wildman–Crippen MR) is 284 cm³/mol. The Balaban J connectivity index is 0.899. The zero-order valence-electron chi connectivity index (χ0n) is 36.8. The summed E-state index contributed by atoms with van der Waals surface area (Å²) in [5.41, 5.74) is 16.9. The first-order valence-corrected chi connectivity index (χ1v) is 23.1. The lowest BCUT2D eigenvalue weighted by molar-refractivity contribution is 0.669. The molecule has 0 radical (unpaired) electrons. The maximum absolute atomic E-state index is 6.83. The van der Waals surface area contributed by atoms with Gasteiger partial charge in [-0.15, -0.1) is 0 Å². The van der Waals surface area contributed by atoms with Crippen LogP contribution in [0, 0.1) is 0 Å². The lowest BCUT2D eigenvalue weighted by Gasteiger charge is -2.28. The molecule has 0 aliphatic rings. The van der Waals surface area contributed by atoms with Crippen LogP contribution in [0.4, 0.5) is 17.1 Å². The Morgan fingerprint density at radius 3 is 1.60 bits per heavy atom. The van der Waals surface area contributed by atoms with Crippen molar-refractivity contribution in [2.75, 3.05) is 4.90 Å². The van der Waals surface area contributed by atoms with E-state index in [1.165, 1.54) is 27.2 Å². The first-order chi connectivity index (χ1) is 33.7.